The highest BCUT2D eigenvalue weighted by Gasteiger charge is 2.28. The Morgan fingerprint density at radius 2 is 1.92 bits per heavy atom. The van der Waals surface area contributed by atoms with Gasteiger partial charge in [0.15, 0.2) is 0 Å². The van der Waals surface area contributed by atoms with Crippen molar-refractivity contribution in [1.82, 2.24) is 4.90 Å². The molecule has 1 fully saturated rings. The summed E-state index contributed by atoms with van der Waals surface area (Å²) in [5.74, 6) is 1.11. The zero-order valence-corrected chi connectivity index (χ0v) is 15.7. The number of anilines is 1. The minimum absolute atomic E-state index is 0.235. The normalized spacial score (nSPS) is 15.9. The Bertz CT molecular complexity index is 575. The number of ether oxygens (including phenoxy) is 3. The zero-order chi connectivity index (χ0) is 18.4. The molecule has 0 radical (unpaired) electrons. The lowest BCUT2D eigenvalue weighted by Gasteiger charge is -2.34. The molecule has 6 nitrogen and oxygen atoms in total. The summed E-state index contributed by atoms with van der Waals surface area (Å²) < 4.78 is 16.0. The summed E-state index contributed by atoms with van der Waals surface area (Å²) in [4.78, 5) is 13.9. The maximum Gasteiger partial charge on any atom is 0.410 e. The number of piperidine rings is 1. The molecule has 0 unspecified atom stereocenters. The molecule has 1 aliphatic heterocycles. The molecule has 0 aromatic heterocycles. The van der Waals surface area contributed by atoms with Gasteiger partial charge in [-0.3, -0.25) is 0 Å². The molecule has 0 aliphatic carbocycles. The predicted molar refractivity (Wildman–Crippen MR) is 98.0 cm³/mol. The third-order valence-electron chi connectivity index (χ3n) is 4.20. The van der Waals surface area contributed by atoms with Gasteiger partial charge in [-0.25, -0.2) is 4.79 Å². The summed E-state index contributed by atoms with van der Waals surface area (Å²) in [5.41, 5.74) is 7.63. The highest BCUT2D eigenvalue weighted by atomic mass is 16.6. The van der Waals surface area contributed by atoms with E-state index in [-0.39, 0.29) is 6.09 Å². The third kappa shape index (κ3) is 5.81. The zero-order valence-electron chi connectivity index (χ0n) is 15.7. The fourth-order valence-corrected chi connectivity index (χ4v) is 2.96. The van der Waals surface area contributed by atoms with E-state index in [0.717, 1.165) is 29.8 Å². The van der Waals surface area contributed by atoms with Crippen molar-refractivity contribution in [2.45, 2.75) is 45.1 Å². The number of hydrogen-bond acceptors (Lipinski definition) is 5. The maximum atomic E-state index is 12.1. The third-order valence-corrected chi connectivity index (χ3v) is 4.20. The van der Waals surface area contributed by atoms with E-state index in [9.17, 15) is 4.79 Å². The number of amides is 1. The molecule has 0 saturated carbocycles. The van der Waals surface area contributed by atoms with Crippen molar-refractivity contribution in [3.8, 4) is 5.75 Å². The fraction of sp³-hybridized carbons (Fsp3) is 0.632. The molecule has 1 saturated heterocycles. The van der Waals surface area contributed by atoms with E-state index in [1.165, 1.54) is 0 Å². The Morgan fingerprint density at radius 3 is 2.48 bits per heavy atom. The highest BCUT2D eigenvalue weighted by Crippen LogP contribution is 2.34. The number of carbonyl (C=O) groups excluding carboxylic acids is 1. The van der Waals surface area contributed by atoms with Gasteiger partial charge < -0.3 is 24.8 Å². The average molecular weight is 350 g/mol. The van der Waals surface area contributed by atoms with Crippen LogP contribution in [0.5, 0.6) is 5.75 Å². The molecule has 1 aromatic carbocycles. The lowest BCUT2D eigenvalue weighted by atomic mass is 9.88. The number of hydrogen-bond donors (Lipinski definition) is 1. The van der Waals surface area contributed by atoms with E-state index in [0.29, 0.717) is 32.2 Å². The first-order valence-electron chi connectivity index (χ1n) is 8.79. The van der Waals surface area contributed by atoms with Crippen LogP contribution in [-0.4, -0.2) is 50.0 Å². The molecule has 0 atom stereocenters. The minimum Gasteiger partial charge on any atom is -0.491 e. The SMILES string of the molecule is COCCOc1ccc(C2CCN(C(=O)OC(C)(C)C)CC2)c(N)c1. The van der Waals surface area contributed by atoms with Gasteiger partial charge in [-0.2, -0.15) is 0 Å². The Hall–Kier alpha value is -1.95. The van der Waals surface area contributed by atoms with Crippen molar-refractivity contribution in [2.75, 3.05) is 39.1 Å². The summed E-state index contributed by atoms with van der Waals surface area (Å²) >= 11 is 0. The fourth-order valence-electron chi connectivity index (χ4n) is 2.96. The molecule has 0 spiro atoms. The van der Waals surface area contributed by atoms with Crippen LogP contribution in [0.1, 0.15) is 45.1 Å². The Labute approximate surface area is 150 Å². The molecule has 6 heteroatoms. The highest BCUT2D eigenvalue weighted by molar-refractivity contribution is 5.68. The number of nitrogen functional groups attached to an aromatic ring is 1. The van der Waals surface area contributed by atoms with Crippen LogP contribution < -0.4 is 10.5 Å². The minimum atomic E-state index is -0.461. The van der Waals surface area contributed by atoms with Gasteiger partial charge in [0.25, 0.3) is 0 Å². The smallest absolute Gasteiger partial charge is 0.410 e. The quantitative estimate of drug-likeness (QED) is 0.651. The van der Waals surface area contributed by atoms with Gasteiger partial charge >= 0.3 is 6.09 Å². The van der Waals surface area contributed by atoms with Gasteiger partial charge in [0.1, 0.15) is 18.0 Å². The molecule has 1 aromatic rings. The first-order valence-corrected chi connectivity index (χ1v) is 8.79. The molecule has 140 valence electrons. The summed E-state index contributed by atoms with van der Waals surface area (Å²) in [6, 6.07) is 5.85. The number of rotatable bonds is 5. The number of nitrogens with zero attached hydrogens (tertiary/aromatic N) is 1. The topological polar surface area (TPSA) is 74.0 Å². The van der Waals surface area contributed by atoms with Crippen molar-refractivity contribution >= 4 is 11.8 Å². The van der Waals surface area contributed by atoms with Gasteiger partial charge in [0.05, 0.1) is 6.61 Å². The van der Waals surface area contributed by atoms with Crippen LogP contribution in [-0.2, 0) is 9.47 Å². The van der Waals surface area contributed by atoms with E-state index in [1.54, 1.807) is 12.0 Å². The second-order valence-electron chi connectivity index (χ2n) is 7.37. The number of nitrogens with two attached hydrogens (primary N) is 1. The summed E-state index contributed by atoms with van der Waals surface area (Å²) in [7, 11) is 1.64. The van der Waals surface area contributed by atoms with Crippen molar-refractivity contribution in [3.63, 3.8) is 0 Å². The van der Waals surface area contributed by atoms with Crippen molar-refractivity contribution in [1.29, 1.82) is 0 Å². The molecule has 1 amide bonds. The summed E-state index contributed by atoms with van der Waals surface area (Å²) in [6.07, 6.45) is 1.53. The second kappa shape index (κ2) is 8.43. The van der Waals surface area contributed by atoms with Gasteiger partial charge in [0, 0.05) is 32.0 Å². The number of benzene rings is 1. The van der Waals surface area contributed by atoms with Gasteiger partial charge in [-0.1, -0.05) is 6.07 Å². The van der Waals surface area contributed by atoms with Crippen LogP contribution in [0.15, 0.2) is 18.2 Å². The van der Waals surface area contributed by atoms with Gasteiger partial charge in [0.2, 0.25) is 0 Å². The van der Waals surface area contributed by atoms with E-state index >= 15 is 0 Å². The average Bonchev–Trinajstić information content (AvgIpc) is 2.54. The van der Waals surface area contributed by atoms with Crippen molar-refractivity contribution in [2.24, 2.45) is 0 Å². The maximum absolute atomic E-state index is 12.1. The van der Waals surface area contributed by atoms with Crippen molar-refractivity contribution in [3.05, 3.63) is 23.8 Å². The number of carbonyl (C=O) groups is 1. The summed E-state index contributed by atoms with van der Waals surface area (Å²) in [6.45, 7) is 8.07. The van der Waals surface area contributed by atoms with Crippen LogP contribution in [0.2, 0.25) is 0 Å². The molecule has 0 bridgehead atoms. The second-order valence-corrected chi connectivity index (χ2v) is 7.37. The van der Waals surface area contributed by atoms with Gasteiger partial charge in [-0.15, -0.1) is 0 Å². The first-order chi connectivity index (χ1) is 11.8. The first kappa shape index (κ1) is 19.4. The van der Waals surface area contributed by atoms with E-state index in [1.807, 2.05) is 39.0 Å². The van der Waals surface area contributed by atoms with Crippen LogP contribution in [0.3, 0.4) is 0 Å². The van der Waals surface area contributed by atoms with Crippen LogP contribution in [0.25, 0.3) is 0 Å². The summed E-state index contributed by atoms with van der Waals surface area (Å²) in [5, 5.41) is 0. The number of methoxy groups -OCH3 is 1. The lowest BCUT2D eigenvalue weighted by molar-refractivity contribution is 0.0205. The molecule has 25 heavy (non-hydrogen) atoms. The Morgan fingerprint density at radius 1 is 1.24 bits per heavy atom. The lowest BCUT2D eigenvalue weighted by Crippen LogP contribution is -2.41. The molecule has 1 heterocycles. The van der Waals surface area contributed by atoms with Gasteiger partial charge in [-0.05, 0) is 51.2 Å². The Kier molecular flexibility index (Phi) is 6.53. The molecule has 2 N–H and O–H groups in total. The number of likely N-dealkylation sites (tertiary alicyclic amines) is 1. The van der Waals surface area contributed by atoms with Crippen LogP contribution >= 0.6 is 0 Å². The monoisotopic (exact) mass is 350 g/mol. The standard InChI is InChI=1S/C19H30N2O4/c1-19(2,3)25-18(22)21-9-7-14(8-10-21)16-6-5-15(13-17(16)20)24-12-11-23-4/h5-6,13-14H,7-12,20H2,1-4H3. The van der Waals surface area contributed by atoms with Crippen molar-refractivity contribution < 1.29 is 19.0 Å². The van der Waals surface area contributed by atoms with E-state index in [4.69, 9.17) is 19.9 Å². The Balaban J connectivity index is 1.91. The van der Waals surface area contributed by atoms with Crippen LogP contribution in [0, 0.1) is 0 Å². The molecular weight excluding hydrogens is 320 g/mol. The molecular formula is C19H30N2O4. The molecule has 1 aliphatic rings. The largest absolute Gasteiger partial charge is 0.491 e. The van der Waals surface area contributed by atoms with Crippen LogP contribution in [0.4, 0.5) is 10.5 Å². The predicted octanol–water partition coefficient (Wildman–Crippen LogP) is 3.41. The molecule has 2 rings (SSSR count). The van der Waals surface area contributed by atoms with E-state index in [2.05, 4.69) is 0 Å². The van der Waals surface area contributed by atoms with E-state index < -0.39 is 5.60 Å².